The van der Waals surface area contributed by atoms with Crippen LogP contribution in [-0.4, -0.2) is 122 Å². The number of aromatic nitrogens is 5. The Morgan fingerprint density at radius 1 is 0.625 bits per heavy atom. The number of H-pyrrole nitrogens is 3. The zero-order valence-electron chi connectivity index (χ0n) is 37.8. The Morgan fingerprint density at radius 2 is 1.16 bits per heavy atom. The molecule has 1 aromatic carbocycles. The largest absolute Gasteiger partial charge is 0.380 e. The molecule has 0 aliphatic carbocycles. The molecule has 0 spiro atoms. The van der Waals surface area contributed by atoms with Crippen molar-refractivity contribution < 1.29 is 38.3 Å². The first-order valence-corrected chi connectivity index (χ1v) is 21.6. The van der Waals surface area contributed by atoms with E-state index in [1.807, 2.05) is 45.0 Å². The maximum atomic E-state index is 14.0. The quantitative estimate of drug-likeness (QED) is 0.0448. The fourth-order valence-electron chi connectivity index (χ4n) is 7.06. The number of hydrogen-bond acceptors (Lipinski definition) is 10. The van der Waals surface area contributed by atoms with Crippen LogP contribution in [0.4, 0.5) is 0 Å². The summed E-state index contributed by atoms with van der Waals surface area (Å²) in [4.78, 5) is 111. The van der Waals surface area contributed by atoms with Gasteiger partial charge in [-0.3, -0.25) is 33.6 Å². The molecule has 64 heavy (non-hydrogen) atoms. The van der Waals surface area contributed by atoms with Crippen LogP contribution in [0, 0.1) is 11.8 Å². The van der Waals surface area contributed by atoms with E-state index < -0.39 is 83.5 Å². The summed E-state index contributed by atoms with van der Waals surface area (Å²) in [6.07, 6.45) is 8.57. The molecule has 0 fully saturated rings. The molecule has 0 aliphatic heterocycles. The van der Waals surface area contributed by atoms with E-state index >= 15 is 0 Å². The van der Waals surface area contributed by atoms with Gasteiger partial charge in [0, 0.05) is 73.7 Å². The summed E-state index contributed by atoms with van der Waals surface area (Å²) >= 11 is 0. The van der Waals surface area contributed by atoms with Crippen LogP contribution in [0.5, 0.6) is 0 Å². The van der Waals surface area contributed by atoms with Gasteiger partial charge in [-0.05, 0) is 50.7 Å². The van der Waals surface area contributed by atoms with E-state index in [1.165, 1.54) is 39.6 Å². The van der Waals surface area contributed by atoms with Gasteiger partial charge in [-0.1, -0.05) is 45.9 Å². The third-order valence-corrected chi connectivity index (χ3v) is 10.4. The van der Waals surface area contributed by atoms with Crippen molar-refractivity contribution in [3.63, 3.8) is 0 Å². The molecule has 3 heterocycles. The molecule has 3 aromatic heterocycles. The van der Waals surface area contributed by atoms with E-state index in [0.717, 1.165) is 16.5 Å². The van der Waals surface area contributed by atoms with Crippen molar-refractivity contribution in [3.05, 3.63) is 72.5 Å². The number of nitrogens with zero attached hydrogens (tertiary/aromatic N) is 2. The monoisotopic (exact) mass is 888 g/mol. The number of hydrogen-bond donors (Lipinski definition) is 10. The third-order valence-electron chi connectivity index (χ3n) is 10.4. The molecule has 0 saturated heterocycles. The summed E-state index contributed by atoms with van der Waals surface area (Å²) in [6.45, 7) is 14.3. The second-order valence-electron chi connectivity index (χ2n) is 16.7. The highest BCUT2D eigenvalue weighted by Gasteiger charge is 2.33. The SMILES string of the molecule is CCOCC(CC(C)C)NC(=O)[C@H](Cc1cnc[nH]1)NC(=O)[C@@H](C)NC(=O)[C@@H](NC(=O)[C@H](C)NC(=O)[C@H](Cc1c[nH]c2ccccc12)NC(=O)[C@H](Cc1cnc[nH]1)NC(C)=O)C(C)C. The maximum absolute atomic E-state index is 14.0. The molecular formula is C44H64N12O8. The number of aromatic amines is 3. The number of rotatable bonds is 25. The molecule has 0 aliphatic rings. The van der Waals surface area contributed by atoms with Gasteiger partial charge in [0.15, 0.2) is 0 Å². The lowest BCUT2D eigenvalue weighted by atomic mass is 10.0. The Kier molecular flexibility index (Phi) is 19.0. The van der Waals surface area contributed by atoms with Crippen LogP contribution in [0.3, 0.4) is 0 Å². The lowest BCUT2D eigenvalue weighted by Crippen LogP contribution is -2.60. The topological polar surface area (TPSA) is 286 Å². The summed E-state index contributed by atoms with van der Waals surface area (Å²) in [5.41, 5.74) is 2.73. The number of carbonyl (C=O) groups is 7. The smallest absolute Gasteiger partial charge is 0.243 e. The number of benzene rings is 1. The van der Waals surface area contributed by atoms with Crippen LogP contribution in [0.15, 0.2) is 55.5 Å². The number of para-hydroxylation sites is 1. The molecule has 20 nitrogen and oxygen atoms in total. The molecule has 10 N–H and O–H groups in total. The first-order chi connectivity index (χ1) is 30.4. The Labute approximate surface area is 372 Å². The van der Waals surface area contributed by atoms with Crippen molar-refractivity contribution in [3.8, 4) is 0 Å². The lowest BCUT2D eigenvalue weighted by molar-refractivity contribution is -0.135. The van der Waals surface area contributed by atoms with Crippen molar-refractivity contribution in [1.82, 2.24) is 62.1 Å². The van der Waals surface area contributed by atoms with Crippen molar-refractivity contribution in [2.75, 3.05) is 13.2 Å². The molecule has 0 saturated carbocycles. The second kappa shape index (κ2) is 24.3. The third kappa shape index (κ3) is 15.4. The van der Waals surface area contributed by atoms with Crippen molar-refractivity contribution in [1.29, 1.82) is 0 Å². The van der Waals surface area contributed by atoms with E-state index in [9.17, 15) is 33.6 Å². The molecule has 4 aromatic rings. The number of amides is 7. The fourth-order valence-corrected chi connectivity index (χ4v) is 7.06. The molecule has 20 heteroatoms. The lowest BCUT2D eigenvalue weighted by Gasteiger charge is -2.27. The average Bonchev–Trinajstić information content (AvgIpc) is 4.04. The van der Waals surface area contributed by atoms with Gasteiger partial charge in [-0.25, -0.2) is 9.97 Å². The first-order valence-electron chi connectivity index (χ1n) is 21.6. The summed E-state index contributed by atoms with van der Waals surface area (Å²) < 4.78 is 5.59. The van der Waals surface area contributed by atoms with Crippen LogP contribution in [0.25, 0.3) is 10.9 Å². The maximum Gasteiger partial charge on any atom is 0.243 e. The minimum atomic E-state index is -1.20. The van der Waals surface area contributed by atoms with E-state index in [4.69, 9.17) is 4.74 Å². The van der Waals surface area contributed by atoms with E-state index in [2.05, 4.69) is 62.1 Å². The summed E-state index contributed by atoms with van der Waals surface area (Å²) in [7, 11) is 0. The van der Waals surface area contributed by atoms with Gasteiger partial charge < -0.3 is 56.9 Å². The molecular weight excluding hydrogens is 825 g/mol. The summed E-state index contributed by atoms with van der Waals surface area (Å²) in [6, 6.07) is 0.427. The number of carbonyl (C=O) groups excluding carboxylic acids is 7. The zero-order valence-corrected chi connectivity index (χ0v) is 37.8. The van der Waals surface area contributed by atoms with Crippen LogP contribution in [-0.2, 0) is 57.6 Å². The van der Waals surface area contributed by atoms with Crippen molar-refractivity contribution in [2.45, 2.75) is 123 Å². The van der Waals surface area contributed by atoms with E-state index in [1.54, 1.807) is 26.2 Å². The fraction of sp³-hybridized carbons (Fsp3) is 0.523. The van der Waals surface area contributed by atoms with E-state index in [0.29, 0.717) is 31.0 Å². The highest BCUT2D eigenvalue weighted by Crippen LogP contribution is 2.19. The van der Waals surface area contributed by atoms with Gasteiger partial charge in [0.05, 0.1) is 25.3 Å². The van der Waals surface area contributed by atoms with Gasteiger partial charge in [0.25, 0.3) is 0 Å². The molecule has 7 amide bonds. The minimum Gasteiger partial charge on any atom is -0.380 e. The van der Waals surface area contributed by atoms with Gasteiger partial charge in [0.2, 0.25) is 41.4 Å². The molecule has 348 valence electrons. The normalized spacial score (nSPS) is 14.7. The Balaban J connectivity index is 1.43. The van der Waals surface area contributed by atoms with Crippen molar-refractivity contribution in [2.24, 2.45) is 11.8 Å². The second-order valence-corrected chi connectivity index (χ2v) is 16.7. The molecule has 0 bridgehead atoms. The highest BCUT2D eigenvalue weighted by atomic mass is 16.5. The van der Waals surface area contributed by atoms with Gasteiger partial charge in [0.1, 0.15) is 36.3 Å². The number of nitrogens with one attached hydrogen (secondary N) is 10. The predicted molar refractivity (Wildman–Crippen MR) is 238 cm³/mol. The van der Waals surface area contributed by atoms with Gasteiger partial charge in [-0.2, -0.15) is 0 Å². The van der Waals surface area contributed by atoms with Gasteiger partial charge in [-0.15, -0.1) is 0 Å². The first kappa shape index (κ1) is 50.1. The van der Waals surface area contributed by atoms with Crippen LogP contribution >= 0.6 is 0 Å². The van der Waals surface area contributed by atoms with Gasteiger partial charge >= 0.3 is 0 Å². The van der Waals surface area contributed by atoms with Crippen LogP contribution < -0.4 is 37.2 Å². The average molecular weight is 889 g/mol. The number of ether oxygens (including phenoxy) is 1. The van der Waals surface area contributed by atoms with E-state index in [-0.39, 0.29) is 31.2 Å². The van der Waals surface area contributed by atoms with Crippen molar-refractivity contribution >= 4 is 52.3 Å². The number of imidazole rings is 2. The minimum absolute atomic E-state index is 0.0277. The molecule has 0 radical (unpaired) electrons. The molecule has 4 rings (SSSR count). The zero-order chi connectivity index (χ0) is 46.9. The van der Waals surface area contributed by atoms with Crippen LogP contribution in [0.2, 0.25) is 0 Å². The summed E-state index contributed by atoms with van der Waals surface area (Å²) in [5, 5.41) is 20.0. The summed E-state index contributed by atoms with van der Waals surface area (Å²) in [5.74, 6) is -4.42. The molecule has 7 atom stereocenters. The predicted octanol–water partition coefficient (Wildman–Crippen LogP) is 0.834. The Hall–Kier alpha value is -6.57. The highest BCUT2D eigenvalue weighted by molar-refractivity contribution is 5.97. The number of fused-ring (bicyclic) bond motifs is 1. The Morgan fingerprint density at radius 3 is 1.72 bits per heavy atom. The molecule has 1 unspecified atom stereocenters. The Bertz CT molecular complexity index is 2150. The standard InChI is InChI=1S/C44H64N12O8/c1-9-64-21-32(14-24(2)3)53-42(61)37(17-31-20-46-23-49-31)54-39(58)26(6)51-44(63)38(25(4)5)56-40(59)27(7)50-41(60)35(15-29-18-47-34-13-11-10-12-33(29)34)55-43(62)36(52-28(8)57)16-30-19-45-22-48-30/h10-13,18-20,22-27,32,35-38,47H,9,14-17,21H2,1-8H3,(H,45,48)(H,46,49)(H,50,60)(H,51,63)(H,52,57)(H,53,61)(H,54,58)(H,55,62)(H,56,59)/t26-,27+,32?,35+,36+,37+,38+/m1/s1. The van der Waals surface area contributed by atoms with Crippen LogP contribution in [0.1, 0.15) is 78.8 Å².